The molecule has 1 heterocycles. The van der Waals surface area contributed by atoms with E-state index in [1.165, 1.54) is 12.1 Å². The second-order valence-corrected chi connectivity index (χ2v) is 9.76. The molecule has 0 atom stereocenters. The first-order valence-corrected chi connectivity index (χ1v) is 11.6. The van der Waals surface area contributed by atoms with Crippen LogP contribution in [-0.2, 0) is 29.4 Å². The van der Waals surface area contributed by atoms with Crippen LogP contribution in [0.2, 0.25) is 0 Å². The summed E-state index contributed by atoms with van der Waals surface area (Å²) in [5.41, 5.74) is 2.87. The van der Waals surface area contributed by atoms with E-state index in [0.717, 1.165) is 49.0 Å². The molecule has 0 amide bonds. The Bertz CT molecular complexity index is 939. The second kappa shape index (κ2) is 8.21. The molecule has 1 fully saturated rings. The highest BCUT2D eigenvalue weighted by molar-refractivity contribution is 7.89. The van der Waals surface area contributed by atoms with Crippen LogP contribution in [0.25, 0.3) is 0 Å². The summed E-state index contributed by atoms with van der Waals surface area (Å²) in [6.45, 7) is 0.933. The number of fused-ring (bicyclic) bond motifs is 1. The minimum Gasteiger partial charge on any atom is -0.493 e. The van der Waals surface area contributed by atoms with Crippen LogP contribution >= 0.6 is 0 Å². The van der Waals surface area contributed by atoms with Crippen molar-refractivity contribution in [3.8, 4) is 5.75 Å². The van der Waals surface area contributed by atoms with E-state index in [9.17, 15) is 12.8 Å². The number of hydrogen-bond donors (Lipinski definition) is 0. The quantitative estimate of drug-likeness (QED) is 0.700. The van der Waals surface area contributed by atoms with Crippen LogP contribution in [-0.4, -0.2) is 31.1 Å². The highest BCUT2D eigenvalue weighted by atomic mass is 32.2. The molecular weight excluding hydrogens is 377 g/mol. The Morgan fingerprint density at radius 3 is 2.68 bits per heavy atom. The summed E-state index contributed by atoms with van der Waals surface area (Å²) in [6, 6.07) is 12.2. The molecule has 4 rings (SSSR count). The van der Waals surface area contributed by atoms with Crippen LogP contribution in [0.1, 0.15) is 42.4 Å². The van der Waals surface area contributed by atoms with Gasteiger partial charge in [0.05, 0.1) is 12.4 Å². The first-order chi connectivity index (χ1) is 13.5. The molecule has 1 aliphatic heterocycles. The van der Waals surface area contributed by atoms with Crippen LogP contribution in [0, 0.1) is 5.82 Å². The highest BCUT2D eigenvalue weighted by Crippen LogP contribution is 2.29. The van der Waals surface area contributed by atoms with E-state index in [2.05, 4.69) is 6.07 Å². The van der Waals surface area contributed by atoms with Crippen LogP contribution < -0.4 is 4.74 Å². The van der Waals surface area contributed by atoms with Gasteiger partial charge in [0, 0.05) is 19.0 Å². The first kappa shape index (κ1) is 19.4. The number of hydrogen-bond acceptors (Lipinski definition) is 3. The maximum atomic E-state index is 13.6. The van der Waals surface area contributed by atoms with Crippen molar-refractivity contribution in [1.82, 2.24) is 4.31 Å². The Kier molecular flexibility index (Phi) is 5.69. The van der Waals surface area contributed by atoms with Gasteiger partial charge in [0.15, 0.2) is 0 Å². The molecule has 0 bridgehead atoms. The van der Waals surface area contributed by atoms with Crippen molar-refractivity contribution in [2.45, 2.75) is 51.1 Å². The van der Waals surface area contributed by atoms with Gasteiger partial charge in [0.25, 0.3) is 0 Å². The summed E-state index contributed by atoms with van der Waals surface area (Å²) in [7, 11) is -3.45. The van der Waals surface area contributed by atoms with Crippen molar-refractivity contribution >= 4 is 10.0 Å². The monoisotopic (exact) mass is 403 g/mol. The molecule has 2 aromatic carbocycles. The highest BCUT2D eigenvalue weighted by Gasteiger charge is 2.32. The van der Waals surface area contributed by atoms with E-state index >= 15 is 0 Å². The largest absolute Gasteiger partial charge is 0.493 e. The third-order valence-electron chi connectivity index (χ3n) is 5.72. The molecule has 0 spiro atoms. The fourth-order valence-electron chi connectivity index (χ4n) is 4.22. The molecule has 2 aliphatic rings. The SMILES string of the molecule is O=S(=O)(CCc1ccc2c(c1)CCO2)N(Cc1cccc(F)c1)C1CCCC1. The summed E-state index contributed by atoms with van der Waals surface area (Å²) in [5.74, 6) is 0.644. The van der Waals surface area contributed by atoms with Gasteiger partial charge in [-0.25, -0.2) is 12.8 Å². The van der Waals surface area contributed by atoms with E-state index in [4.69, 9.17) is 4.74 Å². The zero-order valence-corrected chi connectivity index (χ0v) is 16.8. The summed E-state index contributed by atoms with van der Waals surface area (Å²) < 4.78 is 47.2. The molecular formula is C22H26FNO3S. The lowest BCUT2D eigenvalue weighted by Crippen LogP contribution is -2.40. The Hall–Kier alpha value is -1.92. The second-order valence-electron chi connectivity index (χ2n) is 7.72. The standard InChI is InChI=1S/C22H26FNO3S/c23-20-5-3-4-18(15-20)16-24(21-6-1-2-7-21)28(25,26)13-11-17-8-9-22-19(14-17)10-12-27-22/h3-5,8-9,14-15,21H,1-2,6-7,10-13,16H2. The Labute approximate surface area is 166 Å². The molecule has 0 unspecified atom stereocenters. The van der Waals surface area contributed by atoms with Gasteiger partial charge in [-0.05, 0) is 54.2 Å². The molecule has 0 radical (unpaired) electrons. The normalized spacial score (nSPS) is 17.1. The third-order valence-corrected chi connectivity index (χ3v) is 7.58. The Morgan fingerprint density at radius 1 is 1.07 bits per heavy atom. The van der Waals surface area contributed by atoms with E-state index in [0.29, 0.717) is 18.6 Å². The number of rotatable bonds is 7. The van der Waals surface area contributed by atoms with Crippen LogP contribution in [0.3, 0.4) is 0 Å². The summed E-state index contributed by atoms with van der Waals surface area (Å²) >= 11 is 0. The summed E-state index contributed by atoms with van der Waals surface area (Å²) in [4.78, 5) is 0. The number of benzene rings is 2. The molecule has 1 saturated carbocycles. The first-order valence-electron chi connectivity index (χ1n) is 10.00. The molecule has 6 heteroatoms. The molecule has 0 saturated heterocycles. The summed E-state index contributed by atoms with van der Waals surface area (Å²) in [5, 5.41) is 0. The molecule has 2 aromatic rings. The predicted molar refractivity (Wildman–Crippen MR) is 107 cm³/mol. The van der Waals surface area contributed by atoms with Gasteiger partial charge in [-0.1, -0.05) is 37.1 Å². The lowest BCUT2D eigenvalue weighted by Gasteiger charge is -2.28. The van der Waals surface area contributed by atoms with Gasteiger partial charge < -0.3 is 4.74 Å². The maximum Gasteiger partial charge on any atom is 0.214 e. The zero-order valence-electron chi connectivity index (χ0n) is 15.9. The van der Waals surface area contributed by atoms with E-state index < -0.39 is 10.0 Å². The van der Waals surface area contributed by atoms with E-state index in [1.54, 1.807) is 16.4 Å². The van der Waals surface area contributed by atoms with Crippen molar-refractivity contribution in [3.63, 3.8) is 0 Å². The lowest BCUT2D eigenvalue weighted by atomic mass is 10.1. The molecule has 28 heavy (non-hydrogen) atoms. The van der Waals surface area contributed by atoms with Crippen LogP contribution in [0.15, 0.2) is 42.5 Å². The van der Waals surface area contributed by atoms with Crippen molar-refractivity contribution in [2.75, 3.05) is 12.4 Å². The molecule has 4 nitrogen and oxygen atoms in total. The van der Waals surface area contributed by atoms with Crippen molar-refractivity contribution in [1.29, 1.82) is 0 Å². The van der Waals surface area contributed by atoms with E-state index in [1.807, 2.05) is 12.1 Å². The Morgan fingerprint density at radius 2 is 1.89 bits per heavy atom. The predicted octanol–water partition coefficient (Wildman–Crippen LogP) is 4.08. The zero-order chi connectivity index (χ0) is 19.6. The molecule has 0 aromatic heterocycles. The Balaban J connectivity index is 1.50. The minimum absolute atomic E-state index is 0.0155. The van der Waals surface area contributed by atoms with Gasteiger partial charge in [0.2, 0.25) is 10.0 Å². The number of aryl methyl sites for hydroxylation is 1. The van der Waals surface area contributed by atoms with Crippen molar-refractivity contribution in [3.05, 3.63) is 65.0 Å². The van der Waals surface area contributed by atoms with Gasteiger partial charge in [-0.3, -0.25) is 0 Å². The van der Waals surface area contributed by atoms with E-state index in [-0.39, 0.29) is 24.2 Å². The number of ether oxygens (including phenoxy) is 1. The number of nitrogens with zero attached hydrogens (tertiary/aromatic N) is 1. The topological polar surface area (TPSA) is 46.6 Å². The van der Waals surface area contributed by atoms with Gasteiger partial charge in [-0.2, -0.15) is 4.31 Å². The summed E-state index contributed by atoms with van der Waals surface area (Å²) in [6.07, 6.45) is 5.20. The number of sulfonamides is 1. The van der Waals surface area contributed by atoms with Gasteiger partial charge >= 0.3 is 0 Å². The molecule has 0 N–H and O–H groups in total. The average Bonchev–Trinajstić information content (AvgIpc) is 3.36. The maximum absolute atomic E-state index is 13.6. The average molecular weight is 404 g/mol. The number of halogens is 1. The van der Waals surface area contributed by atoms with Crippen LogP contribution in [0.4, 0.5) is 4.39 Å². The van der Waals surface area contributed by atoms with Crippen LogP contribution in [0.5, 0.6) is 5.75 Å². The molecule has 150 valence electrons. The van der Waals surface area contributed by atoms with Crippen molar-refractivity contribution in [2.24, 2.45) is 0 Å². The van der Waals surface area contributed by atoms with Crippen molar-refractivity contribution < 1.29 is 17.5 Å². The smallest absolute Gasteiger partial charge is 0.214 e. The van der Waals surface area contributed by atoms with Gasteiger partial charge in [-0.15, -0.1) is 0 Å². The fourth-order valence-corrected chi connectivity index (χ4v) is 5.96. The lowest BCUT2D eigenvalue weighted by molar-refractivity contribution is 0.315. The molecule has 1 aliphatic carbocycles. The van der Waals surface area contributed by atoms with Gasteiger partial charge in [0.1, 0.15) is 11.6 Å². The third kappa shape index (κ3) is 4.39. The minimum atomic E-state index is -3.45. The fraction of sp³-hybridized carbons (Fsp3) is 0.455.